The number of aromatic nitrogens is 1. The predicted molar refractivity (Wildman–Crippen MR) is 68.1 cm³/mol. The second-order valence-electron chi connectivity index (χ2n) is 4.08. The van der Waals surface area contributed by atoms with Crippen molar-refractivity contribution in [3.05, 3.63) is 53.9 Å². The van der Waals surface area contributed by atoms with Crippen molar-refractivity contribution in [2.45, 2.75) is 6.18 Å². The van der Waals surface area contributed by atoms with E-state index in [1.54, 1.807) is 6.07 Å². The van der Waals surface area contributed by atoms with Crippen LogP contribution in [0.3, 0.4) is 0 Å². The molecule has 2 rings (SSSR count). The average Bonchev–Trinajstić information content (AvgIpc) is 2.46. The quantitative estimate of drug-likeness (QED) is 0.918. The van der Waals surface area contributed by atoms with Gasteiger partial charge in [-0.05, 0) is 23.8 Å². The van der Waals surface area contributed by atoms with Crippen LogP contribution in [0.1, 0.15) is 15.9 Å². The number of nitrogens with zero attached hydrogens (tertiary/aromatic N) is 1. The number of hydrogen-bond donors (Lipinski definition) is 1. The number of hydrogen-bond acceptors (Lipinski definition) is 2. The lowest BCUT2D eigenvalue weighted by molar-refractivity contribution is -0.137. The van der Waals surface area contributed by atoms with Crippen molar-refractivity contribution in [3.63, 3.8) is 0 Å². The van der Waals surface area contributed by atoms with Gasteiger partial charge in [0.05, 0.1) is 5.56 Å². The molecule has 0 aliphatic carbocycles. The highest BCUT2D eigenvalue weighted by Gasteiger charge is 2.34. The minimum atomic E-state index is -4.55. The number of benzene rings is 1. The Balaban J connectivity index is 2.61. The van der Waals surface area contributed by atoms with Crippen LogP contribution < -0.4 is 5.32 Å². The summed E-state index contributed by atoms with van der Waals surface area (Å²) in [6, 6.07) is 6.58. The highest BCUT2D eigenvalue weighted by atomic mass is 19.4. The molecule has 0 fully saturated rings. The third-order valence-corrected chi connectivity index (χ3v) is 2.79. The Morgan fingerprint density at radius 1 is 1.25 bits per heavy atom. The first-order valence-electron chi connectivity index (χ1n) is 5.77. The number of carbonyl (C=O) groups excluding carboxylic acids is 1. The fraction of sp³-hybridized carbons (Fsp3) is 0.143. The van der Waals surface area contributed by atoms with Crippen LogP contribution in [0.4, 0.5) is 13.2 Å². The molecule has 1 aromatic carbocycles. The van der Waals surface area contributed by atoms with Crippen LogP contribution in [0.2, 0.25) is 0 Å². The monoisotopic (exact) mass is 280 g/mol. The summed E-state index contributed by atoms with van der Waals surface area (Å²) in [6.07, 6.45) is -1.71. The van der Waals surface area contributed by atoms with Crippen LogP contribution in [-0.2, 0) is 6.18 Å². The molecule has 1 heterocycles. The fourth-order valence-electron chi connectivity index (χ4n) is 1.84. The fourth-order valence-corrected chi connectivity index (χ4v) is 1.84. The van der Waals surface area contributed by atoms with Crippen LogP contribution >= 0.6 is 0 Å². The second-order valence-corrected chi connectivity index (χ2v) is 4.08. The van der Waals surface area contributed by atoms with Gasteiger partial charge in [-0.25, -0.2) is 0 Å². The van der Waals surface area contributed by atoms with Gasteiger partial charge >= 0.3 is 6.18 Å². The standard InChI is InChI=1S/C14H11F3N2O/c1-18-13(20)9-4-5-11(10-3-2-6-19-8-10)12(7-9)14(15,16)17/h2-8H,1H3,(H,18,20). The zero-order chi connectivity index (χ0) is 14.8. The zero-order valence-electron chi connectivity index (χ0n) is 10.5. The van der Waals surface area contributed by atoms with Gasteiger partial charge in [0.15, 0.2) is 0 Å². The Kier molecular flexibility index (Phi) is 3.74. The Hall–Kier alpha value is -2.37. The predicted octanol–water partition coefficient (Wildman–Crippen LogP) is 3.13. The molecule has 0 radical (unpaired) electrons. The highest BCUT2D eigenvalue weighted by Crippen LogP contribution is 2.37. The molecular formula is C14H11F3N2O. The molecule has 0 atom stereocenters. The normalized spacial score (nSPS) is 11.2. The lowest BCUT2D eigenvalue weighted by Crippen LogP contribution is -2.19. The minimum absolute atomic E-state index is 0.00162. The summed E-state index contributed by atoms with van der Waals surface area (Å²) in [5, 5.41) is 2.30. The van der Waals surface area contributed by atoms with E-state index in [2.05, 4.69) is 10.3 Å². The maximum atomic E-state index is 13.1. The number of carbonyl (C=O) groups is 1. The molecule has 20 heavy (non-hydrogen) atoms. The van der Waals surface area contributed by atoms with E-state index in [0.717, 1.165) is 6.07 Å². The lowest BCUT2D eigenvalue weighted by Gasteiger charge is -2.14. The van der Waals surface area contributed by atoms with Crippen LogP contribution in [0, 0.1) is 0 Å². The molecule has 1 amide bonds. The first-order chi connectivity index (χ1) is 9.43. The molecule has 1 aromatic heterocycles. The summed E-state index contributed by atoms with van der Waals surface area (Å²) in [6.45, 7) is 0. The molecule has 0 bridgehead atoms. The smallest absolute Gasteiger partial charge is 0.355 e. The van der Waals surface area contributed by atoms with Gasteiger partial charge in [-0.15, -0.1) is 0 Å². The molecule has 3 nitrogen and oxygen atoms in total. The Morgan fingerprint density at radius 3 is 2.55 bits per heavy atom. The molecule has 0 unspecified atom stereocenters. The number of amides is 1. The van der Waals surface area contributed by atoms with E-state index in [9.17, 15) is 18.0 Å². The van der Waals surface area contributed by atoms with Crippen molar-refractivity contribution in [1.82, 2.24) is 10.3 Å². The van der Waals surface area contributed by atoms with Crippen molar-refractivity contribution in [2.75, 3.05) is 7.05 Å². The molecular weight excluding hydrogens is 269 g/mol. The van der Waals surface area contributed by atoms with Crippen LogP contribution in [0.25, 0.3) is 11.1 Å². The van der Waals surface area contributed by atoms with Gasteiger partial charge in [0.2, 0.25) is 0 Å². The molecule has 104 valence electrons. The summed E-state index contributed by atoms with van der Waals surface area (Å²) >= 11 is 0. The SMILES string of the molecule is CNC(=O)c1ccc(-c2cccnc2)c(C(F)(F)F)c1. The van der Waals surface area contributed by atoms with E-state index < -0.39 is 17.6 Å². The number of alkyl halides is 3. The Morgan fingerprint density at radius 2 is 2.00 bits per heavy atom. The van der Waals surface area contributed by atoms with Crippen molar-refractivity contribution in [1.29, 1.82) is 0 Å². The summed E-state index contributed by atoms with van der Waals surface area (Å²) in [5.41, 5.74) is -0.541. The van der Waals surface area contributed by atoms with E-state index >= 15 is 0 Å². The minimum Gasteiger partial charge on any atom is -0.355 e. The van der Waals surface area contributed by atoms with E-state index in [1.165, 1.54) is 37.6 Å². The van der Waals surface area contributed by atoms with Crippen molar-refractivity contribution >= 4 is 5.91 Å². The first kappa shape index (κ1) is 14.0. The van der Waals surface area contributed by atoms with Crippen molar-refractivity contribution < 1.29 is 18.0 Å². The first-order valence-corrected chi connectivity index (χ1v) is 5.77. The van der Waals surface area contributed by atoms with Crippen LogP contribution in [-0.4, -0.2) is 17.9 Å². The molecule has 1 N–H and O–H groups in total. The van der Waals surface area contributed by atoms with Gasteiger partial charge in [-0.1, -0.05) is 12.1 Å². The van der Waals surface area contributed by atoms with Gasteiger partial charge in [0.25, 0.3) is 5.91 Å². The largest absolute Gasteiger partial charge is 0.417 e. The maximum Gasteiger partial charge on any atom is 0.417 e. The van der Waals surface area contributed by atoms with Gasteiger partial charge in [-0.2, -0.15) is 13.2 Å². The number of nitrogens with one attached hydrogen (secondary N) is 1. The Bertz CT molecular complexity index is 624. The number of rotatable bonds is 2. The summed E-state index contributed by atoms with van der Waals surface area (Å²) in [4.78, 5) is 15.3. The second kappa shape index (κ2) is 5.32. The van der Waals surface area contributed by atoms with Gasteiger partial charge < -0.3 is 5.32 Å². The van der Waals surface area contributed by atoms with Crippen LogP contribution in [0.5, 0.6) is 0 Å². The van der Waals surface area contributed by atoms with Crippen molar-refractivity contribution in [2.24, 2.45) is 0 Å². The van der Waals surface area contributed by atoms with E-state index in [0.29, 0.717) is 5.56 Å². The molecule has 6 heteroatoms. The van der Waals surface area contributed by atoms with E-state index in [-0.39, 0.29) is 11.1 Å². The summed E-state index contributed by atoms with van der Waals surface area (Å²) in [5.74, 6) is -0.562. The van der Waals surface area contributed by atoms with Gasteiger partial charge in [0.1, 0.15) is 0 Å². The Labute approximate surface area is 113 Å². The van der Waals surface area contributed by atoms with Crippen molar-refractivity contribution in [3.8, 4) is 11.1 Å². The van der Waals surface area contributed by atoms with Gasteiger partial charge in [0, 0.05) is 30.6 Å². The molecule has 0 saturated carbocycles. The van der Waals surface area contributed by atoms with Gasteiger partial charge in [-0.3, -0.25) is 9.78 Å². The van der Waals surface area contributed by atoms with Crippen LogP contribution in [0.15, 0.2) is 42.7 Å². The summed E-state index contributed by atoms with van der Waals surface area (Å²) < 4.78 is 39.4. The topological polar surface area (TPSA) is 42.0 Å². The third-order valence-electron chi connectivity index (χ3n) is 2.79. The molecule has 0 spiro atoms. The zero-order valence-corrected chi connectivity index (χ0v) is 10.5. The van der Waals surface area contributed by atoms with E-state index in [4.69, 9.17) is 0 Å². The molecule has 0 saturated heterocycles. The third kappa shape index (κ3) is 2.79. The average molecular weight is 280 g/mol. The lowest BCUT2D eigenvalue weighted by atomic mass is 9.98. The summed E-state index contributed by atoms with van der Waals surface area (Å²) in [7, 11) is 1.37. The highest BCUT2D eigenvalue weighted by molar-refractivity contribution is 5.95. The number of pyridine rings is 1. The number of halogens is 3. The molecule has 0 aliphatic heterocycles. The molecule has 2 aromatic rings. The van der Waals surface area contributed by atoms with E-state index in [1.807, 2.05) is 0 Å². The maximum absolute atomic E-state index is 13.1. The molecule has 0 aliphatic rings.